The summed E-state index contributed by atoms with van der Waals surface area (Å²) in [5.41, 5.74) is 1.36. The number of rotatable bonds is 6. The van der Waals surface area contributed by atoms with Crippen molar-refractivity contribution in [1.82, 2.24) is 13.9 Å². The molecule has 7 nitrogen and oxygen atoms in total. The van der Waals surface area contributed by atoms with Crippen LogP contribution in [0.15, 0.2) is 45.8 Å². The number of sulfonamides is 1. The highest BCUT2D eigenvalue weighted by molar-refractivity contribution is 9.10. The lowest BCUT2D eigenvalue weighted by atomic mass is 10.3. The van der Waals surface area contributed by atoms with Crippen molar-refractivity contribution < 1.29 is 22.3 Å². The molecule has 4 rings (SSSR count). The summed E-state index contributed by atoms with van der Waals surface area (Å²) in [6.45, 7) is 4.09. The molecule has 2 aromatic carbocycles. The Balaban J connectivity index is 1.63. The van der Waals surface area contributed by atoms with Gasteiger partial charge in [-0.05, 0) is 43.3 Å². The van der Waals surface area contributed by atoms with Gasteiger partial charge in [-0.3, -0.25) is 0 Å². The molecule has 1 aromatic heterocycles. The van der Waals surface area contributed by atoms with Crippen LogP contribution in [0.5, 0.6) is 5.75 Å². The second-order valence-corrected chi connectivity index (χ2v) is 9.66. The first-order chi connectivity index (χ1) is 14.4. The smallest absolute Gasteiger partial charge is 0.243 e. The second kappa shape index (κ2) is 8.62. The molecule has 0 atom stereocenters. The van der Waals surface area contributed by atoms with Crippen molar-refractivity contribution in [2.45, 2.75) is 25.0 Å². The molecular formula is C20H21BrFN3O4S. The number of imidazole rings is 1. The molecule has 0 spiro atoms. The summed E-state index contributed by atoms with van der Waals surface area (Å²) in [5, 5.41) is 0. The van der Waals surface area contributed by atoms with Crippen LogP contribution in [-0.4, -0.2) is 48.6 Å². The molecule has 0 unspecified atom stereocenters. The fourth-order valence-corrected chi connectivity index (χ4v) is 5.22. The quantitative estimate of drug-likeness (QED) is 0.520. The number of ether oxygens (including phenoxy) is 2. The SMILES string of the molecule is CCn1c(COc2ccc(Br)cc2F)nc2cc(S(=O)(=O)N3CCOCC3)ccc21. The molecule has 2 heterocycles. The number of hydrogen-bond donors (Lipinski definition) is 0. The first-order valence-electron chi connectivity index (χ1n) is 9.55. The predicted molar refractivity (Wildman–Crippen MR) is 113 cm³/mol. The molecule has 0 bridgehead atoms. The summed E-state index contributed by atoms with van der Waals surface area (Å²) in [7, 11) is -3.61. The Morgan fingerprint density at radius 3 is 2.67 bits per heavy atom. The van der Waals surface area contributed by atoms with E-state index in [2.05, 4.69) is 20.9 Å². The molecule has 0 amide bonds. The number of fused-ring (bicyclic) bond motifs is 1. The highest BCUT2D eigenvalue weighted by Crippen LogP contribution is 2.26. The van der Waals surface area contributed by atoms with E-state index in [1.54, 1.807) is 30.3 Å². The van der Waals surface area contributed by atoms with Crippen LogP contribution < -0.4 is 4.74 Å². The maximum atomic E-state index is 14.0. The molecule has 1 aliphatic heterocycles. The predicted octanol–water partition coefficient (Wildman–Crippen LogP) is 3.56. The van der Waals surface area contributed by atoms with Crippen molar-refractivity contribution in [1.29, 1.82) is 0 Å². The van der Waals surface area contributed by atoms with E-state index in [-0.39, 0.29) is 17.3 Å². The van der Waals surface area contributed by atoms with E-state index in [1.165, 1.54) is 10.4 Å². The van der Waals surface area contributed by atoms with Gasteiger partial charge in [0.1, 0.15) is 12.4 Å². The number of aryl methyl sites for hydroxylation is 1. The monoisotopic (exact) mass is 497 g/mol. The second-order valence-electron chi connectivity index (χ2n) is 6.80. The van der Waals surface area contributed by atoms with Gasteiger partial charge in [-0.25, -0.2) is 17.8 Å². The van der Waals surface area contributed by atoms with Crippen LogP contribution in [0.3, 0.4) is 0 Å². The molecule has 0 aliphatic carbocycles. The minimum absolute atomic E-state index is 0.0621. The maximum absolute atomic E-state index is 14.0. The van der Waals surface area contributed by atoms with E-state index >= 15 is 0 Å². The molecule has 160 valence electrons. The summed E-state index contributed by atoms with van der Waals surface area (Å²) < 4.78 is 54.8. The third kappa shape index (κ3) is 4.09. The van der Waals surface area contributed by atoms with Crippen molar-refractivity contribution >= 4 is 37.0 Å². The van der Waals surface area contributed by atoms with Crippen LogP contribution in [0.2, 0.25) is 0 Å². The number of benzene rings is 2. The molecule has 10 heteroatoms. The van der Waals surface area contributed by atoms with Gasteiger partial charge in [0.2, 0.25) is 10.0 Å². The Bertz CT molecular complexity index is 1180. The Kier molecular flexibility index (Phi) is 6.10. The van der Waals surface area contributed by atoms with Gasteiger partial charge in [-0.2, -0.15) is 4.31 Å². The van der Waals surface area contributed by atoms with Crippen molar-refractivity contribution in [3.05, 3.63) is 52.5 Å². The first-order valence-corrected chi connectivity index (χ1v) is 11.8. The summed E-state index contributed by atoms with van der Waals surface area (Å²) in [6.07, 6.45) is 0. The number of nitrogens with zero attached hydrogens (tertiary/aromatic N) is 3. The van der Waals surface area contributed by atoms with Gasteiger partial charge in [-0.1, -0.05) is 15.9 Å². The van der Waals surface area contributed by atoms with Crippen LogP contribution in [0.1, 0.15) is 12.7 Å². The van der Waals surface area contributed by atoms with Crippen LogP contribution in [0.4, 0.5) is 4.39 Å². The zero-order chi connectivity index (χ0) is 21.3. The molecule has 1 fully saturated rings. The highest BCUT2D eigenvalue weighted by atomic mass is 79.9. The molecule has 1 aliphatic rings. The Labute approximate surface area is 182 Å². The van der Waals surface area contributed by atoms with Crippen LogP contribution in [-0.2, 0) is 27.9 Å². The van der Waals surface area contributed by atoms with Crippen LogP contribution in [0.25, 0.3) is 11.0 Å². The number of morpholine rings is 1. The third-order valence-electron chi connectivity index (χ3n) is 4.97. The molecule has 3 aromatic rings. The van der Waals surface area contributed by atoms with Gasteiger partial charge in [0, 0.05) is 24.1 Å². The first kappa shape index (κ1) is 21.2. The fraction of sp³-hybridized carbons (Fsp3) is 0.350. The standard InChI is InChI=1S/C20H21BrFN3O4S/c1-2-25-18-5-4-15(30(26,27)24-7-9-28-10-8-24)12-17(18)23-20(25)13-29-19-6-3-14(21)11-16(19)22/h3-6,11-12H,2,7-10,13H2,1H3. The Morgan fingerprint density at radius 1 is 1.20 bits per heavy atom. The molecule has 1 saturated heterocycles. The van der Waals surface area contributed by atoms with E-state index in [0.717, 1.165) is 5.52 Å². The molecular weight excluding hydrogens is 477 g/mol. The summed E-state index contributed by atoms with van der Waals surface area (Å²) in [4.78, 5) is 4.76. The molecule has 30 heavy (non-hydrogen) atoms. The van der Waals surface area contributed by atoms with E-state index in [1.807, 2.05) is 11.5 Å². The number of hydrogen-bond acceptors (Lipinski definition) is 5. The average Bonchev–Trinajstić information content (AvgIpc) is 3.10. The van der Waals surface area contributed by atoms with Gasteiger partial charge in [0.15, 0.2) is 11.6 Å². The lowest BCUT2D eigenvalue weighted by Gasteiger charge is -2.26. The zero-order valence-electron chi connectivity index (χ0n) is 16.3. The zero-order valence-corrected chi connectivity index (χ0v) is 18.7. The number of aromatic nitrogens is 2. The lowest BCUT2D eigenvalue weighted by molar-refractivity contribution is 0.0730. The topological polar surface area (TPSA) is 73.7 Å². The third-order valence-corrected chi connectivity index (χ3v) is 7.36. The summed E-state index contributed by atoms with van der Waals surface area (Å²) in [6, 6.07) is 9.51. The van der Waals surface area contributed by atoms with Crippen molar-refractivity contribution in [2.24, 2.45) is 0 Å². The normalized spacial score (nSPS) is 15.6. The van der Waals surface area contributed by atoms with Gasteiger partial charge in [0.05, 0.1) is 29.1 Å². The van der Waals surface area contributed by atoms with Gasteiger partial charge in [0.25, 0.3) is 0 Å². The van der Waals surface area contributed by atoms with E-state index in [4.69, 9.17) is 9.47 Å². The molecule has 0 saturated carbocycles. The van der Waals surface area contributed by atoms with Gasteiger partial charge >= 0.3 is 0 Å². The fourth-order valence-electron chi connectivity index (χ4n) is 3.45. The van der Waals surface area contributed by atoms with E-state index < -0.39 is 15.8 Å². The average molecular weight is 498 g/mol. The van der Waals surface area contributed by atoms with Crippen LogP contribution >= 0.6 is 15.9 Å². The summed E-state index contributed by atoms with van der Waals surface area (Å²) >= 11 is 3.22. The van der Waals surface area contributed by atoms with Crippen LogP contribution in [0, 0.1) is 5.82 Å². The molecule has 0 N–H and O–H groups in total. The van der Waals surface area contributed by atoms with Crippen molar-refractivity contribution in [2.75, 3.05) is 26.3 Å². The van der Waals surface area contributed by atoms with Gasteiger partial charge < -0.3 is 14.0 Å². The minimum atomic E-state index is -3.61. The minimum Gasteiger partial charge on any atom is -0.483 e. The van der Waals surface area contributed by atoms with E-state index in [0.29, 0.717) is 48.7 Å². The van der Waals surface area contributed by atoms with Crippen molar-refractivity contribution in [3.8, 4) is 5.75 Å². The number of halogens is 2. The largest absolute Gasteiger partial charge is 0.483 e. The van der Waals surface area contributed by atoms with Gasteiger partial charge in [-0.15, -0.1) is 0 Å². The Hall–Kier alpha value is -2.01. The van der Waals surface area contributed by atoms with E-state index in [9.17, 15) is 12.8 Å². The lowest BCUT2D eigenvalue weighted by Crippen LogP contribution is -2.40. The highest BCUT2D eigenvalue weighted by Gasteiger charge is 2.27. The Morgan fingerprint density at radius 2 is 1.97 bits per heavy atom. The molecule has 0 radical (unpaired) electrons. The maximum Gasteiger partial charge on any atom is 0.243 e. The summed E-state index contributed by atoms with van der Waals surface area (Å²) in [5.74, 6) is 0.252. The van der Waals surface area contributed by atoms with Crippen molar-refractivity contribution in [3.63, 3.8) is 0 Å².